The van der Waals surface area contributed by atoms with Crippen molar-refractivity contribution in [2.45, 2.75) is 5.16 Å². The molecule has 0 bridgehead atoms. The molecule has 96 valence electrons. The molecule has 2 aromatic rings. The molecule has 0 aromatic carbocycles. The minimum Gasteiger partial charge on any atom is -0.272 e. The summed E-state index contributed by atoms with van der Waals surface area (Å²) >= 11 is 1.26. The van der Waals surface area contributed by atoms with Crippen LogP contribution in [0.15, 0.2) is 53.2 Å². The molecule has 0 aliphatic heterocycles. The van der Waals surface area contributed by atoms with E-state index < -0.39 is 0 Å². The fraction of sp³-hybridized carbons (Fsp3) is 0.0833. The molecule has 19 heavy (non-hydrogen) atoms. The summed E-state index contributed by atoms with van der Waals surface area (Å²) in [6, 6.07) is 5.31. The van der Waals surface area contributed by atoms with E-state index in [9.17, 15) is 4.79 Å². The van der Waals surface area contributed by atoms with Gasteiger partial charge in [0, 0.05) is 24.8 Å². The molecule has 1 amide bonds. The Hall–Kier alpha value is -2.28. The second-order valence-electron chi connectivity index (χ2n) is 3.39. The van der Waals surface area contributed by atoms with Gasteiger partial charge >= 0.3 is 0 Å². The molecular formula is C12H11N5OS. The number of carbonyl (C=O) groups is 1. The summed E-state index contributed by atoms with van der Waals surface area (Å²) in [7, 11) is 0. The van der Waals surface area contributed by atoms with E-state index >= 15 is 0 Å². The lowest BCUT2D eigenvalue weighted by Crippen LogP contribution is -2.19. The Morgan fingerprint density at radius 3 is 2.74 bits per heavy atom. The van der Waals surface area contributed by atoms with Crippen LogP contribution in [0.5, 0.6) is 0 Å². The molecule has 0 saturated heterocycles. The lowest BCUT2D eigenvalue weighted by molar-refractivity contribution is -0.118. The second-order valence-corrected chi connectivity index (χ2v) is 4.34. The number of aromatic nitrogens is 3. The van der Waals surface area contributed by atoms with Gasteiger partial charge in [-0.05, 0) is 23.8 Å². The number of hydrazone groups is 1. The first-order chi connectivity index (χ1) is 9.34. The SMILES string of the molecule is O=C(CSc1ncccn1)N/N=C/c1ccncc1. The minimum absolute atomic E-state index is 0.206. The van der Waals surface area contributed by atoms with E-state index in [0.717, 1.165) is 5.56 Å². The molecule has 0 spiro atoms. The van der Waals surface area contributed by atoms with Crippen molar-refractivity contribution in [1.82, 2.24) is 20.4 Å². The highest BCUT2D eigenvalue weighted by Crippen LogP contribution is 2.09. The zero-order valence-corrected chi connectivity index (χ0v) is 10.7. The Labute approximate surface area is 114 Å². The number of hydrogen-bond acceptors (Lipinski definition) is 6. The van der Waals surface area contributed by atoms with Gasteiger partial charge in [-0.2, -0.15) is 5.10 Å². The second kappa shape index (κ2) is 7.22. The molecule has 1 N–H and O–H groups in total. The molecule has 0 aliphatic carbocycles. The smallest absolute Gasteiger partial charge is 0.250 e. The van der Waals surface area contributed by atoms with Gasteiger partial charge in [-0.15, -0.1) is 0 Å². The van der Waals surface area contributed by atoms with Crippen molar-refractivity contribution in [1.29, 1.82) is 0 Å². The van der Waals surface area contributed by atoms with Crippen LogP contribution in [0.2, 0.25) is 0 Å². The van der Waals surface area contributed by atoms with Gasteiger partial charge in [0.25, 0.3) is 5.91 Å². The molecular weight excluding hydrogens is 262 g/mol. The molecule has 0 saturated carbocycles. The summed E-state index contributed by atoms with van der Waals surface area (Å²) in [4.78, 5) is 23.4. The maximum absolute atomic E-state index is 11.5. The zero-order valence-electron chi connectivity index (χ0n) is 9.93. The number of nitrogens with zero attached hydrogens (tertiary/aromatic N) is 4. The summed E-state index contributed by atoms with van der Waals surface area (Å²) in [5.74, 6) is 0.0142. The molecule has 0 aliphatic rings. The Morgan fingerprint density at radius 1 is 1.26 bits per heavy atom. The van der Waals surface area contributed by atoms with Crippen molar-refractivity contribution in [3.05, 3.63) is 48.5 Å². The van der Waals surface area contributed by atoms with Gasteiger partial charge < -0.3 is 0 Å². The fourth-order valence-electron chi connectivity index (χ4n) is 1.15. The van der Waals surface area contributed by atoms with Gasteiger partial charge in [0.05, 0.1) is 12.0 Å². The summed E-state index contributed by atoms with van der Waals surface area (Å²) in [6.07, 6.45) is 8.14. The van der Waals surface area contributed by atoms with Gasteiger partial charge in [-0.25, -0.2) is 15.4 Å². The van der Waals surface area contributed by atoms with Crippen LogP contribution in [0.1, 0.15) is 5.56 Å². The van der Waals surface area contributed by atoms with Crippen LogP contribution in [0.25, 0.3) is 0 Å². The van der Waals surface area contributed by atoms with E-state index in [1.54, 1.807) is 49.2 Å². The third kappa shape index (κ3) is 4.84. The summed E-state index contributed by atoms with van der Waals surface area (Å²) in [5, 5.41) is 4.41. The maximum Gasteiger partial charge on any atom is 0.250 e. The molecule has 0 radical (unpaired) electrons. The average Bonchev–Trinajstić information content (AvgIpc) is 2.47. The first-order valence-electron chi connectivity index (χ1n) is 5.46. The van der Waals surface area contributed by atoms with Crippen LogP contribution >= 0.6 is 11.8 Å². The fourth-order valence-corrected chi connectivity index (χ4v) is 1.75. The summed E-state index contributed by atoms with van der Waals surface area (Å²) in [5.41, 5.74) is 3.30. The lowest BCUT2D eigenvalue weighted by Gasteiger charge is -1.98. The van der Waals surface area contributed by atoms with Crippen LogP contribution in [0.3, 0.4) is 0 Å². The van der Waals surface area contributed by atoms with Crippen molar-refractivity contribution in [2.24, 2.45) is 5.10 Å². The highest BCUT2D eigenvalue weighted by atomic mass is 32.2. The Bertz CT molecular complexity index is 547. The van der Waals surface area contributed by atoms with Gasteiger partial charge in [-0.3, -0.25) is 9.78 Å². The Balaban J connectivity index is 1.75. The van der Waals surface area contributed by atoms with Gasteiger partial charge in [0.15, 0.2) is 5.16 Å². The molecule has 0 atom stereocenters. The maximum atomic E-state index is 11.5. The molecule has 2 aromatic heterocycles. The molecule has 0 fully saturated rings. The average molecular weight is 273 g/mol. The van der Waals surface area contributed by atoms with Gasteiger partial charge in [-0.1, -0.05) is 11.8 Å². The van der Waals surface area contributed by atoms with E-state index in [0.29, 0.717) is 5.16 Å². The van der Waals surface area contributed by atoms with Crippen molar-refractivity contribution in [2.75, 3.05) is 5.75 Å². The summed E-state index contributed by atoms with van der Waals surface area (Å²) in [6.45, 7) is 0. The number of pyridine rings is 1. The molecule has 2 heterocycles. The number of hydrogen-bond donors (Lipinski definition) is 1. The Morgan fingerprint density at radius 2 is 2.00 bits per heavy atom. The van der Waals surface area contributed by atoms with Crippen LogP contribution in [-0.2, 0) is 4.79 Å². The van der Waals surface area contributed by atoms with Crippen LogP contribution in [0.4, 0.5) is 0 Å². The van der Waals surface area contributed by atoms with Crippen LogP contribution < -0.4 is 5.43 Å². The van der Waals surface area contributed by atoms with E-state index in [4.69, 9.17) is 0 Å². The van der Waals surface area contributed by atoms with E-state index in [1.807, 2.05) is 0 Å². The van der Waals surface area contributed by atoms with Crippen molar-refractivity contribution in [3.8, 4) is 0 Å². The molecule has 0 unspecified atom stereocenters. The molecule has 6 nitrogen and oxygen atoms in total. The van der Waals surface area contributed by atoms with E-state index in [1.165, 1.54) is 11.8 Å². The number of rotatable bonds is 5. The molecule has 7 heteroatoms. The number of carbonyl (C=O) groups excluding carboxylic acids is 1. The van der Waals surface area contributed by atoms with E-state index in [2.05, 4.69) is 25.5 Å². The minimum atomic E-state index is -0.206. The first kappa shape index (κ1) is 13.2. The van der Waals surface area contributed by atoms with Gasteiger partial charge in [0.1, 0.15) is 0 Å². The number of nitrogens with one attached hydrogen (secondary N) is 1. The first-order valence-corrected chi connectivity index (χ1v) is 6.45. The van der Waals surface area contributed by atoms with Crippen molar-refractivity contribution < 1.29 is 4.79 Å². The highest BCUT2D eigenvalue weighted by Gasteiger charge is 2.02. The largest absolute Gasteiger partial charge is 0.272 e. The zero-order chi connectivity index (χ0) is 13.3. The summed E-state index contributed by atoms with van der Waals surface area (Å²) < 4.78 is 0. The number of amides is 1. The predicted octanol–water partition coefficient (Wildman–Crippen LogP) is 1.11. The van der Waals surface area contributed by atoms with Crippen molar-refractivity contribution >= 4 is 23.9 Å². The normalized spacial score (nSPS) is 10.5. The van der Waals surface area contributed by atoms with Crippen LogP contribution in [0, 0.1) is 0 Å². The van der Waals surface area contributed by atoms with E-state index in [-0.39, 0.29) is 11.7 Å². The highest BCUT2D eigenvalue weighted by molar-refractivity contribution is 7.99. The number of thioether (sulfide) groups is 1. The van der Waals surface area contributed by atoms with Gasteiger partial charge in [0.2, 0.25) is 0 Å². The topological polar surface area (TPSA) is 80.1 Å². The lowest BCUT2D eigenvalue weighted by atomic mass is 10.3. The quantitative estimate of drug-likeness (QED) is 0.382. The third-order valence-corrected chi connectivity index (χ3v) is 2.86. The monoisotopic (exact) mass is 273 g/mol. The van der Waals surface area contributed by atoms with Crippen LogP contribution in [-0.4, -0.2) is 32.8 Å². The Kier molecular flexibility index (Phi) is 5.00. The third-order valence-electron chi connectivity index (χ3n) is 1.98. The van der Waals surface area contributed by atoms with Crippen molar-refractivity contribution in [3.63, 3.8) is 0 Å². The standard InChI is InChI=1S/C12H11N5OS/c18-11(9-19-12-14-4-1-5-15-12)17-16-8-10-2-6-13-7-3-10/h1-8H,9H2,(H,17,18)/b16-8+. The molecule has 2 rings (SSSR count). The predicted molar refractivity (Wildman–Crippen MR) is 72.7 cm³/mol.